The third-order valence-electron chi connectivity index (χ3n) is 4.60. The van der Waals surface area contributed by atoms with E-state index >= 15 is 0 Å². The standard InChI is InChI=1S/C19H31FN4O.HI/c1-19(2,24-10-12-25-13-11-24)15-23-18(21-3)22-9-5-7-16-6-4-8-17(20)14-16;/h4,6,8,14H,5,7,9-13,15H2,1-3H3,(H2,21,22,23);1H. The van der Waals surface area contributed by atoms with Crippen molar-refractivity contribution in [1.82, 2.24) is 15.5 Å². The summed E-state index contributed by atoms with van der Waals surface area (Å²) < 4.78 is 18.6. The van der Waals surface area contributed by atoms with Gasteiger partial charge in [-0.05, 0) is 44.4 Å². The lowest BCUT2D eigenvalue weighted by Gasteiger charge is -2.41. The van der Waals surface area contributed by atoms with Crippen LogP contribution in [0.1, 0.15) is 25.8 Å². The molecule has 0 spiro atoms. The van der Waals surface area contributed by atoms with Gasteiger partial charge in [0.15, 0.2) is 5.96 Å². The number of benzene rings is 1. The second-order valence-electron chi connectivity index (χ2n) is 7.00. The Morgan fingerprint density at radius 2 is 2.00 bits per heavy atom. The fraction of sp³-hybridized carbons (Fsp3) is 0.632. The van der Waals surface area contributed by atoms with Crippen molar-refractivity contribution in [3.63, 3.8) is 0 Å². The van der Waals surface area contributed by atoms with Crippen LogP contribution in [0.3, 0.4) is 0 Å². The van der Waals surface area contributed by atoms with E-state index in [1.165, 1.54) is 6.07 Å². The second-order valence-corrected chi connectivity index (χ2v) is 7.00. The molecule has 0 aromatic heterocycles. The zero-order valence-electron chi connectivity index (χ0n) is 16.1. The van der Waals surface area contributed by atoms with Gasteiger partial charge >= 0.3 is 0 Å². The lowest BCUT2D eigenvalue weighted by molar-refractivity contribution is -0.00833. The van der Waals surface area contributed by atoms with E-state index < -0.39 is 0 Å². The summed E-state index contributed by atoms with van der Waals surface area (Å²) in [5, 5.41) is 6.74. The number of halogens is 2. The van der Waals surface area contributed by atoms with Crippen molar-refractivity contribution < 1.29 is 9.13 Å². The highest BCUT2D eigenvalue weighted by molar-refractivity contribution is 14.0. The largest absolute Gasteiger partial charge is 0.379 e. The maximum absolute atomic E-state index is 13.2. The number of aliphatic imine (C=N–C) groups is 1. The van der Waals surface area contributed by atoms with Crippen LogP contribution in [0.15, 0.2) is 29.3 Å². The lowest BCUT2D eigenvalue weighted by Crippen LogP contribution is -2.56. The maximum Gasteiger partial charge on any atom is 0.191 e. The summed E-state index contributed by atoms with van der Waals surface area (Å²) in [5.74, 6) is 0.633. The normalized spacial score (nSPS) is 16.1. The van der Waals surface area contributed by atoms with E-state index in [1.807, 2.05) is 6.07 Å². The molecule has 0 aliphatic carbocycles. The molecule has 1 saturated heterocycles. The Bertz CT molecular complexity index is 562. The van der Waals surface area contributed by atoms with Crippen molar-refractivity contribution in [3.05, 3.63) is 35.6 Å². The third kappa shape index (κ3) is 7.75. The van der Waals surface area contributed by atoms with Crippen LogP contribution in [-0.2, 0) is 11.2 Å². The summed E-state index contributed by atoms with van der Waals surface area (Å²) in [5.41, 5.74) is 1.07. The van der Waals surface area contributed by atoms with Gasteiger partial charge in [0.1, 0.15) is 5.82 Å². The molecule has 5 nitrogen and oxygen atoms in total. The van der Waals surface area contributed by atoms with Crippen LogP contribution in [0.4, 0.5) is 4.39 Å². The van der Waals surface area contributed by atoms with Gasteiger partial charge in [-0.3, -0.25) is 9.89 Å². The quantitative estimate of drug-likeness (QED) is 0.274. The van der Waals surface area contributed by atoms with Gasteiger partial charge in [0.25, 0.3) is 0 Å². The highest BCUT2D eigenvalue weighted by Crippen LogP contribution is 2.15. The topological polar surface area (TPSA) is 48.9 Å². The van der Waals surface area contributed by atoms with Gasteiger partial charge in [0.05, 0.1) is 13.2 Å². The molecule has 2 rings (SSSR count). The Morgan fingerprint density at radius 3 is 2.65 bits per heavy atom. The van der Waals surface area contributed by atoms with Crippen LogP contribution in [0.5, 0.6) is 0 Å². The predicted molar refractivity (Wildman–Crippen MR) is 116 cm³/mol. The van der Waals surface area contributed by atoms with Gasteiger partial charge in [-0.2, -0.15) is 0 Å². The van der Waals surface area contributed by atoms with Crippen LogP contribution >= 0.6 is 24.0 Å². The molecule has 0 unspecified atom stereocenters. The first kappa shape index (κ1) is 23.1. The minimum absolute atomic E-state index is 0. The van der Waals surface area contributed by atoms with Gasteiger partial charge in [-0.25, -0.2) is 4.39 Å². The molecule has 1 aromatic carbocycles. The average molecular weight is 478 g/mol. The summed E-state index contributed by atoms with van der Waals surface area (Å²) in [6, 6.07) is 6.79. The van der Waals surface area contributed by atoms with Crippen molar-refractivity contribution in [2.45, 2.75) is 32.2 Å². The zero-order chi connectivity index (χ0) is 18.1. The smallest absolute Gasteiger partial charge is 0.191 e. The zero-order valence-corrected chi connectivity index (χ0v) is 18.4. The van der Waals surface area contributed by atoms with Crippen LogP contribution in [0, 0.1) is 5.82 Å². The van der Waals surface area contributed by atoms with Crippen molar-refractivity contribution in [2.75, 3.05) is 46.4 Å². The Hall–Kier alpha value is -0.930. The monoisotopic (exact) mass is 478 g/mol. The first-order valence-electron chi connectivity index (χ1n) is 9.03. The highest BCUT2D eigenvalue weighted by atomic mass is 127. The molecule has 2 N–H and O–H groups in total. The molecule has 1 aliphatic heterocycles. The summed E-state index contributed by atoms with van der Waals surface area (Å²) >= 11 is 0. The van der Waals surface area contributed by atoms with E-state index in [0.29, 0.717) is 0 Å². The Balaban J connectivity index is 0.00000338. The van der Waals surface area contributed by atoms with E-state index in [4.69, 9.17) is 4.74 Å². The molecule has 0 atom stereocenters. The van der Waals surface area contributed by atoms with Crippen LogP contribution < -0.4 is 10.6 Å². The molecule has 7 heteroatoms. The molecule has 1 fully saturated rings. The van der Waals surface area contributed by atoms with E-state index in [9.17, 15) is 4.39 Å². The molecule has 0 saturated carbocycles. The molecule has 0 amide bonds. The highest BCUT2D eigenvalue weighted by Gasteiger charge is 2.28. The molecule has 0 bridgehead atoms. The number of hydrogen-bond donors (Lipinski definition) is 2. The van der Waals surface area contributed by atoms with Crippen molar-refractivity contribution >= 4 is 29.9 Å². The predicted octanol–water partition coefficient (Wildman–Crippen LogP) is 2.65. The first-order valence-corrected chi connectivity index (χ1v) is 9.03. The molecular weight excluding hydrogens is 446 g/mol. The number of guanidine groups is 1. The van der Waals surface area contributed by atoms with Crippen molar-refractivity contribution in [3.8, 4) is 0 Å². The van der Waals surface area contributed by atoms with Gasteiger partial charge in [-0.1, -0.05) is 12.1 Å². The average Bonchev–Trinajstić information content (AvgIpc) is 2.62. The second kappa shape index (κ2) is 11.7. The van der Waals surface area contributed by atoms with Crippen LogP contribution in [0.25, 0.3) is 0 Å². The molecule has 26 heavy (non-hydrogen) atoms. The number of rotatable bonds is 7. The lowest BCUT2D eigenvalue weighted by atomic mass is 10.0. The summed E-state index contributed by atoms with van der Waals surface area (Å²) in [6.45, 7) is 9.63. The van der Waals surface area contributed by atoms with Crippen LogP contribution in [-0.4, -0.2) is 62.8 Å². The number of nitrogens with one attached hydrogen (secondary N) is 2. The number of morpholine rings is 1. The molecule has 148 valence electrons. The number of hydrogen-bond acceptors (Lipinski definition) is 3. The van der Waals surface area contributed by atoms with Gasteiger partial charge in [0, 0.05) is 38.8 Å². The van der Waals surface area contributed by atoms with E-state index in [1.54, 1.807) is 19.2 Å². The minimum Gasteiger partial charge on any atom is -0.379 e. The minimum atomic E-state index is -0.173. The van der Waals surface area contributed by atoms with Crippen molar-refractivity contribution in [1.29, 1.82) is 0 Å². The Kier molecular flexibility index (Phi) is 10.4. The number of ether oxygens (including phenoxy) is 1. The first-order chi connectivity index (χ1) is 12.0. The third-order valence-corrected chi connectivity index (χ3v) is 4.60. The van der Waals surface area contributed by atoms with Gasteiger partial charge in [0.2, 0.25) is 0 Å². The molecule has 1 aromatic rings. The van der Waals surface area contributed by atoms with Gasteiger partial charge < -0.3 is 15.4 Å². The fourth-order valence-corrected chi connectivity index (χ4v) is 2.99. The molecular formula is C19H32FIN4O. The molecule has 1 aliphatic rings. The van der Waals surface area contributed by atoms with Crippen LogP contribution in [0.2, 0.25) is 0 Å². The van der Waals surface area contributed by atoms with Crippen molar-refractivity contribution in [2.24, 2.45) is 4.99 Å². The van der Waals surface area contributed by atoms with E-state index in [-0.39, 0.29) is 35.3 Å². The Morgan fingerprint density at radius 1 is 1.27 bits per heavy atom. The Labute approximate surface area is 173 Å². The fourth-order valence-electron chi connectivity index (χ4n) is 2.99. The number of aryl methyl sites for hydroxylation is 1. The summed E-state index contributed by atoms with van der Waals surface area (Å²) in [7, 11) is 1.78. The molecule has 0 radical (unpaired) electrons. The SMILES string of the molecule is CN=C(NCCCc1cccc(F)c1)NCC(C)(C)N1CCOCC1.I. The van der Waals surface area contributed by atoms with E-state index in [0.717, 1.165) is 63.8 Å². The maximum atomic E-state index is 13.2. The number of nitrogens with zero attached hydrogens (tertiary/aromatic N) is 2. The van der Waals surface area contributed by atoms with Gasteiger partial charge in [-0.15, -0.1) is 24.0 Å². The van der Waals surface area contributed by atoms with E-state index in [2.05, 4.69) is 34.4 Å². The summed E-state index contributed by atoms with van der Waals surface area (Å²) in [4.78, 5) is 6.73. The summed E-state index contributed by atoms with van der Waals surface area (Å²) in [6.07, 6.45) is 1.78. The molecule has 1 heterocycles.